The molecule has 110 valence electrons. The van der Waals surface area contributed by atoms with E-state index < -0.39 is 6.10 Å². The van der Waals surface area contributed by atoms with Gasteiger partial charge in [0.15, 0.2) is 6.10 Å². The summed E-state index contributed by atoms with van der Waals surface area (Å²) in [6.07, 6.45) is 3.31. The Morgan fingerprint density at radius 2 is 2.20 bits per heavy atom. The van der Waals surface area contributed by atoms with Gasteiger partial charge in [0.05, 0.1) is 6.61 Å². The smallest absolute Gasteiger partial charge is 0.347 e. The zero-order valence-corrected chi connectivity index (χ0v) is 12.2. The summed E-state index contributed by atoms with van der Waals surface area (Å²) >= 11 is 0. The topological polar surface area (TPSA) is 61.5 Å². The van der Waals surface area contributed by atoms with Crippen LogP contribution in [-0.2, 0) is 16.0 Å². The lowest BCUT2D eigenvalue weighted by molar-refractivity contribution is -0.151. The predicted octanol–water partition coefficient (Wildman–Crippen LogP) is 3.11. The minimum Gasteiger partial charge on any atom is -0.478 e. The molecule has 0 spiro atoms. The van der Waals surface area contributed by atoms with Gasteiger partial charge in [0.1, 0.15) is 5.75 Å². The second-order valence-electron chi connectivity index (χ2n) is 4.51. The molecule has 0 saturated heterocycles. The Morgan fingerprint density at radius 1 is 1.45 bits per heavy atom. The molecule has 2 N–H and O–H groups in total. The number of hydrogen-bond acceptors (Lipinski definition) is 4. The minimum atomic E-state index is -0.577. The standard InChI is InChI=1S/C16H23NO3/c1-4-7-12-11-13(17)9-10-14(12)20-15(8-5-2)16(18)19-6-3/h4,9-11,15H,1,5-8,17H2,2-3H3. The van der Waals surface area contributed by atoms with Crippen molar-refractivity contribution < 1.29 is 14.3 Å². The van der Waals surface area contributed by atoms with E-state index in [0.29, 0.717) is 30.9 Å². The van der Waals surface area contributed by atoms with Gasteiger partial charge in [-0.2, -0.15) is 0 Å². The van der Waals surface area contributed by atoms with Crippen molar-refractivity contribution in [1.29, 1.82) is 0 Å². The fraction of sp³-hybridized carbons (Fsp3) is 0.438. The number of carbonyl (C=O) groups excluding carboxylic acids is 1. The average Bonchev–Trinajstić information content (AvgIpc) is 2.41. The SMILES string of the molecule is C=CCc1cc(N)ccc1OC(CCC)C(=O)OCC. The first-order chi connectivity index (χ1) is 9.62. The first kappa shape index (κ1) is 16.1. The van der Waals surface area contributed by atoms with Crippen LogP contribution in [0.15, 0.2) is 30.9 Å². The van der Waals surface area contributed by atoms with Gasteiger partial charge in [-0.3, -0.25) is 0 Å². The van der Waals surface area contributed by atoms with Crippen LogP contribution in [-0.4, -0.2) is 18.7 Å². The fourth-order valence-electron chi connectivity index (χ4n) is 1.90. The summed E-state index contributed by atoms with van der Waals surface area (Å²) < 4.78 is 10.9. The molecule has 0 radical (unpaired) electrons. The van der Waals surface area contributed by atoms with Crippen LogP contribution in [0.4, 0.5) is 5.69 Å². The first-order valence-electron chi connectivity index (χ1n) is 6.94. The van der Waals surface area contributed by atoms with E-state index in [1.165, 1.54) is 0 Å². The lowest BCUT2D eigenvalue weighted by Crippen LogP contribution is -2.29. The third-order valence-electron chi connectivity index (χ3n) is 2.82. The van der Waals surface area contributed by atoms with Crippen molar-refractivity contribution in [3.63, 3.8) is 0 Å². The summed E-state index contributed by atoms with van der Waals surface area (Å²) in [4.78, 5) is 11.9. The zero-order valence-electron chi connectivity index (χ0n) is 12.2. The van der Waals surface area contributed by atoms with E-state index in [2.05, 4.69) is 6.58 Å². The summed E-state index contributed by atoms with van der Waals surface area (Å²) in [5.41, 5.74) is 7.36. The Hall–Kier alpha value is -1.97. The van der Waals surface area contributed by atoms with Crippen molar-refractivity contribution >= 4 is 11.7 Å². The largest absolute Gasteiger partial charge is 0.478 e. The van der Waals surface area contributed by atoms with Crippen molar-refractivity contribution in [3.8, 4) is 5.75 Å². The molecule has 1 rings (SSSR count). The molecule has 1 aromatic carbocycles. The lowest BCUT2D eigenvalue weighted by atomic mass is 10.1. The summed E-state index contributed by atoms with van der Waals surface area (Å²) in [7, 11) is 0. The van der Waals surface area contributed by atoms with Crippen molar-refractivity contribution in [1.82, 2.24) is 0 Å². The Balaban J connectivity index is 2.92. The van der Waals surface area contributed by atoms with Crippen molar-refractivity contribution in [2.75, 3.05) is 12.3 Å². The van der Waals surface area contributed by atoms with Crippen molar-refractivity contribution in [2.45, 2.75) is 39.2 Å². The van der Waals surface area contributed by atoms with E-state index in [1.54, 1.807) is 25.1 Å². The van der Waals surface area contributed by atoms with Gasteiger partial charge in [-0.1, -0.05) is 19.4 Å². The zero-order chi connectivity index (χ0) is 15.0. The van der Waals surface area contributed by atoms with Gasteiger partial charge in [-0.05, 0) is 43.5 Å². The number of rotatable bonds is 8. The van der Waals surface area contributed by atoms with Crippen LogP contribution < -0.4 is 10.5 Å². The molecule has 1 aromatic rings. The van der Waals surface area contributed by atoms with Crippen LogP contribution in [0.25, 0.3) is 0 Å². The number of nitrogen functional groups attached to an aromatic ring is 1. The normalized spacial score (nSPS) is 11.7. The number of benzene rings is 1. The molecule has 0 aliphatic carbocycles. The number of anilines is 1. The molecule has 20 heavy (non-hydrogen) atoms. The average molecular weight is 277 g/mol. The Bertz CT molecular complexity index is 457. The summed E-state index contributed by atoms with van der Waals surface area (Å²) in [5.74, 6) is 0.335. The molecule has 0 amide bonds. The van der Waals surface area contributed by atoms with Gasteiger partial charge in [-0.15, -0.1) is 6.58 Å². The maximum Gasteiger partial charge on any atom is 0.347 e. The molecule has 1 unspecified atom stereocenters. The van der Waals surface area contributed by atoms with Gasteiger partial charge < -0.3 is 15.2 Å². The number of nitrogens with two attached hydrogens (primary N) is 1. The molecule has 0 aliphatic heterocycles. The Morgan fingerprint density at radius 3 is 2.80 bits per heavy atom. The van der Waals surface area contributed by atoms with E-state index in [0.717, 1.165) is 12.0 Å². The van der Waals surface area contributed by atoms with Crippen LogP contribution in [0.5, 0.6) is 5.75 Å². The molecule has 4 nitrogen and oxygen atoms in total. The quantitative estimate of drug-likeness (QED) is 0.450. The summed E-state index contributed by atoms with van der Waals surface area (Å²) in [6, 6.07) is 5.39. The Labute approximate surface area is 120 Å². The van der Waals surface area contributed by atoms with Crippen molar-refractivity contribution in [2.24, 2.45) is 0 Å². The van der Waals surface area contributed by atoms with E-state index in [9.17, 15) is 4.79 Å². The molecule has 1 atom stereocenters. The van der Waals surface area contributed by atoms with Crippen molar-refractivity contribution in [3.05, 3.63) is 36.4 Å². The fourth-order valence-corrected chi connectivity index (χ4v) is 1.90. The second-order valence-corrected chi connectivity index (χ2v) is 4.51. The van der Waals surface area contributed by atoms with Crippen LogP contribution in [0.2, 0.25) is 0 Å². The number of carbonyl (C=O) groups is 1. The van der Waals surface area contributed by atoms with Gasteiger partial charge in [0, 0.05) is 5.69 Å². The molecule has 0 saturated carbocycles. The van der Waals surface area contributed by atoms with Gasteiger partial charge in [0.2, 0.25) is 0 Å². The van der Waals surface area contributed by atoms with Gasteiger partial charge in [-0.25, -0.2) is 4.79 Å². The number of ether oxygens (including phenoxy) is 2. The molecular formula is C16H23NO3. The maximum absolute atomic E-state index is 11.9. The van der Waals surface area contributed by atoms with Crippen LogP contribution in [0.1, 0.15) is 32.3 Å². The highest BCUT2D eigenvalue weighted by molar-refractivity contribution is 5.75. The third kappa shape index (κ3) is 4.61. The summed E-state index contributed by atoms with van der Waals surface area (Å²) in [5, 5.41) is 0. The van der Waals surface area contributed by atoms with E-state index >= 15 is 0 Å². The Kier molecular flexibility index (Phi) is 6.64. The van der Waals surface area contributed by atoms with E-state index in [4.69, 9.17) is 15.2 Å². The lowest BCUT2D eigenvalue weighted by Gasteiger charge is -2.19. The molecular weight excluding hydrogens is 254 g/mol. The number of hydrogen-bond donors (Lipinski definition) is 1. The minimum absolute atomic E-state index is 0.323. The second kappa shape index (κ2) is 8.25. The highest BCUT2D eigenvalue weighted by Gasteiger charge is 2.21. The van der Waals surface area contributed by atoms with Crippen LogP contribution in [0.3, 0.4) is 0 Å². The number of allylic oxidation sites excluding steroid dienone is 1. The van der Waals surface area contributed by atoms with E-state index in [-0.39, 0.29) is 5.97 Å². The monoisotopic (exact) mass is 277 g/mol. The predicted molar refractivity (Wildman–Crippen MR) is 80.7 cm³/mol. The highest BCUT2D eigenvalue weighted by atomic mass is 16.6. The van der Waals surface area contributed by atoms with Crippen LogP contribution in [0, 0.1) is 0 Å². The molecule has 0 aliphatic rings. The van der Waals surface area contributed by atoms with Crippen LogP contribution >= 0.6 is 0 Å². The number of esters is 1. The molecule has 0 aromatic heterocycles. The van der Waals surface area contributed by atoms with Gasteiger partial charge >= 0.3 is 5.97 Å². The molecule has 4 heteroatoms. The molecule has 0 heterocycles. The summed E-state index contributed by atoms with van der Waals surface area (Å²) in [6.45, 7) is 7.86. The van der Waals surface area contributed by atoms with E-state index in [1.807, 2.05) is 13.0 Å². The highest BCUT2D eigenvalue weighted by Crippen LogP contribution is 2.24. The molecule has 0 fully saturated rings. The maximum atomic E-state index is 11.9. The first-order valence-corrected chi connectivity index (χ1v) is 6.94. The molecule has 0 bridgehead atoms. The van der Waals surface area contributed by atoms with Gasteiger partial charge in [0.25, 0.3) is 0 Å². The third-order valence-corrected chi connectivity index (χ3v) is 2.82.